The highest BCUT2D eigenvalue weighted by molar-refractivity contribution is 5.98. The van der Waals surface area contributed by atoms with Gasteiger partial charge in [-0.25, -0.2) is 9.59 Å². The van der Waals surface area contributed by atoms with E-state index in [-0.39, 0.29) is 5.70 Å². The van der Waals surface area contributed by atoms with Crippen molar-refractivity contribution in [1.29, 1.82) is 0 Å². The number of anilines is 1. The third-order valence-corrected chi connectivity index (χ3v) is 2.50. The monoisotopic (exact) mass is 282 g/mol. The van der Waals surface area contributed by atoms with Gasteiger partial charge in [-0.3, -0.25) is 0 Å². The minimum Gasteiger partial charge on any atom is -0.422 e. The topological polar surface area (TPSA) is 67.4 Å². The number of urea groups is 1. The molecule has 0 unspecified atom stereocenters. The second kappa shape index (κ2) is 6.91. The van der Waals surface area contributed by atoms with Gasteiger partial charge in [-0.15, -0.1) is 0 Å². The summed E-state index contributed by atoms with van der Waals surface area (Å²) in [5, 5.41) is 4.90. The van der Waals surface area contributed by atoms with Crippen LogP contribution in [-0.2, 0) is 4.79 Å². The SMILES string of the molecule is C=C(NC(=O)Nc1ccccc1)C(=O)Oc1ccccc1. The predicted octanol–water partition coefficient (Wildman–Crippen LogP) is 2.93. The minimum absolute atomic E-state index is 0.146. The summed E-state index contributed by atoms with van der Waals surface area (Å²) >= 11 is 0. The molecule has 2 N–H and O–H groups in total. The number of carbonyl (C=O) groups is 2. The van der Waals surface area contributed by atoms with Crippen molar-refractivity contribution < 1.29 is 14.3 Å². The summed E-state index contributed by atoms with van der Waals surface area (Å²) in [7, 11) is 0. The lowest BCUT2D eigenvalue weighted by molar-refractivity contribution is -0.130. The Morgan fingerprint density at radius 2 is 1.48 bits per heavy atom. The number of amides is 2. The van der Waals surface area contributed by atoms with Crippen molar-refractivity contribution in [2.75, 3.05) is 5.32 Å². The van der Waals surface area contributed by atoms with Crippen LogP contribution in [-0.4, -0.2) is 12.0 Å². The molecule has 106 valence electrons. The summed E-state index contributed by atoms with van der Waals surface area (Å²) in [5.74, 6) is -0.335. The van der Waals surface area contributed by atoms with E-state index in [0.29, 0.717) is 11.4 Å². The molecule has 0 heterocycles. The van der Waals surface area contributed by atoms with Gasteiger partial charge in [0.1, 0.15) is 11.4 Å². The van der Waals surface area contributed by atoms with E-state index in [9.17, 15) is 9.59 Å². The first kappa shape index (κ1) is 14.3. The number of esters is 1. The first-order valence-electron chi connectivity index (χ1n) is 6.24. The average Bonchev–Trinajstić information content (AvgIpc) is 2.49. The molecule has 2 rings (SSSR count). The van der Waals surface area contributed by atoms with Gasteiger partial charge in [0.05, 0.1) is 0 Å². The van der Waals surface area contributed by atoms with E-state index in [0.717, 1.165) is 0 Å². The number of carbonyl (C=O) groups excluding carboxylic acids is 2. The Kier molecular flexibility index (Phi) is 4.71. The molecule has 0 saturated heterocycles. The van der Waals surface area contributed by atoms with Crippen molar-refractivity contribution in [3.05, 3.63) is 72.9 Å². The Bertz CT molecular complexity index is 639. The minimum atomic E-state index is -0.718. The fourth-order valence-electron chi connectivity index (χ4n) is 1.53. The van der Waals surface area contributed by atoms with Gasteiger partial charge in [-0.05, 0) is 24.3 Å². The van der Waals surface area contributed by atoms with Gasteiger partial charge in [0.15, 0.2) is 0 Å². The fourth-order valence-corrected chi connectivity index (χ4v) is 1.53. The van der Waals surface area contributed by atoms with E-state index in [1.807, 2.05) is 6.07 Å². The molecule has 0 atom stereocenters. The number of nitrogens with one attached hydrogen (secondary N) is 2. The molecule has 0 radical (unpaired) electrons. The summed E-state index contributed by atoms with van der Waals surface area (Å²) in [4.78, 5) is 23.4. The first-order chi connectivity index (χ1) is 10.1. The Balaban J connectivity index is 1.86. The largest absolute Gasteiger partial charge is 0.422 e. The van der Waals surface area contributed by atoms with Gasteiger partial charge in [0, 0.05) is 5.69 Å². The third kappa shape index (κ3) is 4.50. The molecule has 2 aromatic rings. The van der Waals surface area contributed by atoms with E-state index >= 15 is 0 Å². The van der Waals surface area contributed by atoms with E-state index in [1.54, 1.807) is 54.6 Å². The zero-order chi connectivity index (χ0) is 15.1. The van der Waals surface area contributed by atoms with Crippen LogP contribution in [0.25, 0.3) is 0 Å². The van der Waals surface area contributed by atoms with Crippen molar-refractivity contribution in [2.24, 2.45) is 0 Å². The number of para-hydroxylation sites is 2. The molecular weight excluding hydrogens is 268 g/mol. The molecule has 5 nitrogen and oxygen atoms in total. The average molecular weight is 282 g/mol. The van der Waals surface area contributed by atoms with Gasteiger partial charge >= 0.3 is 12.0 Å². The maximum absolute atomic E-state index is 11.7. The maximum Gasteiger partial charge on any atom is 0.359 e. The van der Waals surface area contributed by atoms with Gasteiger partial charge < -0.3 is 15.4 Å². The smallest absolute Gasteiger partial charge is 0.359 e. The van der Waals surface area contributed by atoms with Crippen LogP contribution in [0.5, 0.6) is 5.75 Å². The molecule has 5 heteroatoms. The van der Waals surface area contributed by atoms with Crippen LogP contribution in [0.3, 0.4) is 0 Å². The first-order valence-corrected chi connectivity index (χ1v) is 6.24. The number of hydrogen-bond acceptors (Lipinski definition) is 3. The van der Waals surface area contributed by atoms with Crippen molar-refractivity contribution in [1.82, 2.24) is 5.32 Å². The molecule has 0 fully saturated rings. The molecule has 0 aliphatic heterocycles. The van der Waals surface area contributed by atoms with Crippen LogP contribution >= 0.6 is 0 Å². The normalized spacial score (nSPS) is 9.52. The Morgan fingerprint density at radius 1 is 0.905 bits per heavy atom. The fraction of sp³-hybridized carbons (Fsp3) is 0. The zero-order valence-corrected chi connectivity index (χ0v) is 11.2. The maximum atomic E-state index is 11.7. The van der Waals surface area contributed by atoms with Crippen molar-refractivity contribution in [3.63, 3.8) is 0 Å². The van der Waals surface area contributed by atoms with Crippen molar-refractivity contribution in [3.8, 4) is 5.75 Å². The summed E-state index contributed by atoms with van der Waals surface area (Å²) in [6.45, 7) is 3.49. The summed E-state index contributed by atoms with van der Waals surface area (Å²) in [5.41, 5.74) is 0.464. The van der Waals surface area contributed by atoms with Gasteiger partial charge in [-0.2, -0.15) is 0 Å². The highest BCUT2D eigenvalue weighted by Gasteiger charge is 2.12. The Labute approximate surface area is 122 Å². The zero-order valence-electron chi connectivity index (χ0n) is 11.2. The molecule has 0 bridgehead atoms. The van der Waals surface area contributed by atoms with Crippen LogP contribution < -0.4 is 15.4 Å². The van der Waals surface area contributed by atoms with Crippen LogP contribution in [0, 0.1) is 0 Å². The van der Waals surface area contributed by atoms with Crippen LogP contribution in [0.4, 0.5) is 10.5 Å². The number of rotatable bonds is 4. The van der Waals surface area contributed by atoms with E-state index in [4.69, 9.17) is 4.74 Å². The lowest BCUT2D eigenvalue weighted by atomic mass is 10.3. The van der Waals surface area contributed by atoms with Gasteiger partial charge in [0.2, 0.25) is 0 Å². The van der Waals surface area contributed by atoms with E-state index < -0.39 is 12.0 Å². The molecule has 2 aromatic carbocycles. The highest BCUT2D eigenvalue weighted by Crippen LogP contribution is 2.10. The lowest BCUT2D eigenvalue weighted by Crippen LogP contribution is -2.32. The predicted molar refractivity (Wildman–Crippen MR) is 79.8 cm³/mol. The second-order valence-electron chi connectivity index (χ2n) is 4.13. The molecule has 21 heavy (non-hydrogen) atoms. The molecule has 2 amide bonds. The van der Waals surface area contributed by atoms with Crippen LogP contribution in [0.2, 0.25) is 0 Å². The third-order valence-electron chi connectivity index (χ3n) is 2.50. The molecule has 0 spiro atoms. The summed E-state index contributed by atoms with van der Waals surface area (Å²) in [6.07, 6.45) is 0. The van der Waals surface area contributed by atoms with Crippen LogP contribution in [0.15, 0.2) is 72.9 Å². The summed E-state index contributed by atoms with van der Waals surface area (Å²) in [6, 6.07) is 16.8. The second-order valence-corrected chi connectivity index (χ2v) is 4.13. The highest BCUT2D eigenvalue weighted by atomic mass is 16.5. The Morgan fingerprint density at radius 3 is 2.10 bits per heavy atom. The number of ether oxygens (including phenoxy) is 1. The number of hydrogen-bond donors (Lipinski definition) is 2. The molecule has 0 aromatic heterocycles. The lowest BCUT2D eigenvalue weighted by Gasteiger charge is -2.09. The standard InChI is InChI=1S/C16H14N2O3/c1-12(15(19)21-14-10-6-3-7-11-14)17-16(20)18-13-8-4-2-5-9-13/h2-11H,1H2,(H2,17,18,20). The molecular formula is C16H14N2O3. The number of benzene rings is 2. The Hall–Kier alpha value is -3.08. The van der Waals surface area contributed by atoms with Gasteiger partial charge in [0.25, 0.3) is 0 Å². The van der Waals surface area contributed by atoms with E-state index in [1.165, 1.54) is 0 Å². The molecule has 0 saturated carbocycles. The van der Waals surface area contributed by atoms with Gasteiger partial charge in [-0.1, -0.05) is 43.0 Å². The molecule has 0 aliphatic rings. The molecule has 0 aliphatic carbocycles. The van der Waals surface area contributed by atoms with Crippen molar-refractivity contribution >= 4 is 17.7 Å². The van der Waals surface area contributed by atoms with Crippen molar-refractivity contribution in [2.45, 2.75) is 0 Å². The van der Waals surface area contributed by atoms with E-state index in [2.05, 4.69) is 17.2 Å². The van der Waals surface area contributed by atoms with Crippen LogP contribution in [0.1, 0.15) is 0 Å². The quantitative estimate of drug-likeness (QED) is 0.514. The summed E-state index contributed by atoms with van der Waals surface area (Å²) < 4.78 is 5.05.